The van der Waals surface area contributed by atoms with Gasteiger partial charge in [-0.1, -0.05) is 41.9 Å². The van der Waals surface area contributed by atoms with Gasteiger partial charge in [0.1, 0.15) is 11.0 Å². The van der Waals surface area contributed by atoms with Crippen molar-refractivity contribution < 1.29 is 13.2 Å². The summed E-state index contributed by atoms with van der Waals surface area (Å²) < 4.78 is 37.5. The quantitative estimate of drug-likeness (QED) is 0.850. The van der Waals surface area contributed by atoms with Gasteiger partial charge >= 0.3 is 6.18 Å². The van der Waals surface area contributed by atoms with E-state index < -0.39 is 12.6 Å². The van der Waals surface area contributed by atoms with Crippen LogP contribution in [0.25, 0.3) is 0 Å². The summed E-state index contributed by atoms with van der Waals surface area (Å²) in [5.74, 6) is 0.193. The number of alkyl halides is 3. The zero-order valence-corrected chi connectivity index (χ0v) is 12.3. The van der Waals surface area contributed by atoms with Gasteiger partial charge in [-0.3, -0.25) is 0 Å². The van der Waals surface area contributed by atoms with Crippen LogP contribution in [0.5, 0.6) is 0 Å². The van der Waals surface area contributed by atoms with Gasteiger partial charge in [-0.05, 0) is 5.56 Å². The van der Waals surface area contributed by atoms with Gasteiger partial charge in [0.25, 0.3) is 0 Å². The minimum Gasteiger partial charge on any atom is -0.383 e. The van der Waals surface area contributed by atoms with Gasteiger partial charge in [-0.2, -0.15) is 18.2 Å². The van der Waals surface area contributed by atoms with Crippen molar-refractivity contribution in [2.24, 2.45) is 0 Å². The number of aromatic nitrogens is 2. The summed E-state index contributed by atoms with van der Waals surface area (Å²) in [6.45, 7) is -0.0467. The first-order valence-electron chi connectivity index (χ1n) is 6.49. The molecule has 0 fully saturated rings. The van der Waals surface area contributed by atoms with Crippen molar-refractivity contribution in [1.29, 1.82) is 0 Å². The zero-order valence-electron chi connectivity index (χ0n) is 11.5. The Morgan fingerprint density at radius 1 is 1.14 bits per heavy atom. The summed E-state index contributed by atoms with van der Waals surface area (Å²) in [5.41, 5.74) is 6.43. The molecule has 0 radical (unpaired) electrons. The SMILES string of the molecule is Nc1cc(Cl)nc(N(CCC(F)(F)F)Cc2ccccc2)n1. The van der Waals surface area contributed by atoms with E-state index >= 15 is 0 Å². The molecule has 22 heavy (non-hydrogen) atoms. The van der Waals surface area contributed by atoms with Crippen molar-refractivity contribution in [1.82, 2.24) is 9.97 Å². The van der Waals surface area contributed by atoms with Gasteiger partial charge in [0, 0.05) is 19.2 Å². The van der Waals surface area contributed by atoms with E-state index in [1.54, 1.807) is 0 Å². The fourth-order valence-corrected chi connectivity index (χ4v) is 2.07. The van der Waals surface area contributed by atoms with E-state index in [9.17, 15) is 13.2 Å². The maximum absolute atomic E-state index is 12.5. The predicted octanol–water partition coefficient (Wildman–Crippen LogP) is 3.67. The van der Waals surface area contributed by atoms with Gasteiger partial charge in [0.2, 0.25) is 5.95 Å². The number of rotatable bonds is 5. The number of hydrogen-bond donors (Lipinski definition) is 1. The number of halogens is 4. The molecule has 0 bridgehead atoms. The molecule has 0 unspecified atom stereocenters. The van der Waals surface area contributed by atoms with Crippen molar-refractivity contribution in [2.75, 3.05) is 17.2 Å². The average Bonchev–Trinajstić information content (AvgIpc) is 2.42. The van der Waals surface area contributed by atoms with E-state index in [1.807, 2.05) is 30.3 Å². The Bertz CT molecular complexity index is 599. The van der Waals surface area contributed by atoms with Crippen molar-refractivity contribution in [3.8, 4) is 0 Å². The monoisotopic (exact) mass is 330 g/mol. The molecule has 0 aliphatic rings. The number of nitrogens with zero attached hydrogens (tertiary/aromatic N) is 3. The van der Waals surface area contributed by atoms with Gasteiger partial charge in [0.15, 0.2) is 0 Å². The van der Waals surface area contributed by atoms with Gasteiger partial charge in [0.05, 0.1) is 6.42 Å². The molecular weight excluding hydrogens is 317 g/mol. The molecule has 2 rings (SSSR count). The lowest BCUT2D eigenvalue weighted by Crippen LogP contribution is -2.29. The Kier molecular flexibility index (Phi) is 5.07. The van der Waals surface area contributed by atoms with E-state index in [1.165, 1.54) is 11.0 Å². The largest absolute Gasteiger partial charge is 0.390 e. The van der Waals surface area contributed by atoms with Crippen LogP contribution in [0, 0.1) is 0 Å². The van der Waals surface area contributed by atoms with Crippen LogP contribution in [0.3, 0.4) is 0 Å². The minimum absolute atomic E-state index is 0.0816. The molecule has 0 amide bonds. The highest BCUT2D eigenvalue weighted by molar-refractivity contribution is 6.29. The molecule has 0 saturated carbocycles. The number of nitrogen functional groups attached to an aromatic ring is 1. The lowest BCUT2D eigenvalue weighted by Gasteiger charge is -2.23. The number of nitrogens with two attached hydrogens (primary N) is 1. The first-order chi connectivity index (χ1) is 10.3. The van der Waals surface area contributed by atoms with Crippen LogP contribution >= 0.6 is 11.6 Å². The highest BCUT2D eigenvalue weighted by Gasteiger charge is 2.28. The molecule has 0 aliphatic carbocycles. The second-order valence-corrected chi connectivity index (χ2v) is 5.08. The molecule has 118 valence electrons. The molecule has 2 N–H and O–H groups in total. The second-order valence-electron chi connectivity index (χ2n) is 4.69. The van der Waals surface area contributed by atoms with Crippen LogP contribution < -0.4 is 10.6 Å². The summed E-state index contributed by atoms with van der Waals surface area (Å²) in [7, 11) is 0. The molecule has 1 aromatic heterocycles. The second kappa shape index (κ2) is 6.83. The van der Waals surface area contributed by atoms with Crippen molar-refractivity contribution >= 4 is 23.4 Å². The van der Waals surface area contributed by atoms with E-state index in [0.717, 1.165) is 5.56 Å². The van der Waals surface area contributed by atoms with Gasteiger partial charge < -0.3 is 10.6 Å². The Labute approximate surface area is 130 Å². The van der Waals surface area contributed by atoms with E-state index in [0.29, 0.717) is 0 Å². The van der Waals surface area contributed by atoms with Crippen LogP contribution in [0.15, 0.2) is 36.4 Å². The minimum atomic E-state index is -4.26. The molecule has 0 atom stereocenters. The van der Waals surface area contributed by atoms with Crippen molar-refractivity contribution in [2.45, 2.75) is 19.1 Å². The number of anilines is 2. The zero-order chi connectivity index (χ0) is 16.2. The fraction of sp³-hybridized carbons (Fsp3) is 0.286. The highest BCUT2D eigenvalue weighted by atomic mass is 35.5. The molecule has 0 aliphatic heterocycles. The topological polar surface area (TPSA) is 55.0 Å². The lowest BCUT2D eigenvalue weighted by molar-refractivity contribution is -0.132. The first kappa shape index (κ1) is 16.4. The number of hydrogen-bond acceptors (Lipinski definition) is 4. The lowest BCUT2D eigenvalue weighted by atomic mass is 10.2. The van der Waals surface area contributed by atoms with Gasteiger partial charge in [-0.15, -0.1) is 0 Å². The Hall–Kier alpha value is -2.02. The highest BCUT2D eigenvalue weighted by Crippen LogP contribution is 2.23. The third-order valence-corrected chi connectivity index (χ3v) is 3.06. The summed E-state index contributed by atoms with van der Waals surface area (Å²) in [6.07, 6.45) is -5.24. The first-order valence-corrected chi connectivity index (χ1v) is 6.87. The average molecular weight is 331 g/mol. The van der Waals surface area contributed by atoms with Crippen LogP contribution in [0.1, 0.15) is 12.0 Å². The van der Waals surface area contributed by atoms with E-state index in [2.05, 4.69) is 9.97 Å². The molecule has 2 aromatic rings. The molecule has 0 saturated heterocycles. The molecule has 4 nitrogen and oxygen atoms in total. The smallest absolute Gasteiger partial charge is 0.383 e. The molecule has 0 spiro atoms. The normalized spacial score (nSPS) is 11.5. The van der Waals surface area contributed by atoms with Crippen LogP contribution in [-0.4, -0.2) is 22.7 Å². The van der Waals surface area contributed by atoms with Crippen LogP contribution in [-0.2, 0) is 6.54 Å². The Morgan fingerprint density at radius 3 is 2.41 bits per heavy atom. The fourth-order valence-electron chi connectivity index (χ4n) is 1.88. The summed E-state index contributed by atoms with van der Waals surface area (Å²) in [4.78, 5) is 9.34. The molecule has 1 aromatic carbocycles. The predicted molar refractivity (Wildman–Crippen MR) is 79.6 cm³/mol. The van der Waals surface area contributed by atoms with Crippen molar-refractivity contribution in [3.63, 3.8) is 0 Å². The maximum Gasteiger partial charge on any atom is 0.390 e. The maximum atomic E-state index is 12.5. The summed E-state index contributed by atoms with van der Waals surface area (Å²) >= 11 is 5.81. The summed E-state index contributed by atoms with van der Waals surface area (Å²) in [6, 6.07) is 10.4. The van der Waals surface area contributed by atoms with E-state index in [-0.39, 0.29) is 30.0 Å². The number of benzene rings is 1. The Balaban J connectivity index is 2.24. The standard InChI is InChI=1S/C14H14ClF3N4/c15-11-8-12(19)21-13(20-11)22(7-6-14(16,17)18)9-10-4-2-1-3-5-10/h1-5,8H,6-7,9H2,(H2,19,20,21). The van der Waals surface area contributed by atoms with Crippen molar-refractivity contribution in [3.05, 3.63) is 47.1 Å². The third-order valence-electron chi connectivity index (χ3n) is 2.87. The molecular formula is C14H14ClF3N4. The van der Waals surface area contributed by atoms with Gasteiger partial charge in [-0.25, -0.2) is 4.98 Å². The van der Waals surface area contributed by atoms with Crippen LogP contribution in [0.2, 0.25) is 5.15 Å². The summed E-state index contributed by atoms with van der Waals surface area (Å²) in [5, 5.41) is 0.0903. The molecule has 8 heteroatoms. The van der Waals surface area contributed by atoms with E-state index in [4.69, 9.17) is 17.3 Å². The Morgan fingerprint density at radius 2 is 1.82 bits per heavy atom. The van der Waals surface area contributed by atoms with Crippen LogP contribution in [0.4, 0.5) is 24.9 Å². The third kappa shape index (κ3) is 5.07. The molecule has 1 heterocycles.